The van der Waals surface area contributed by atoms with Gasteiger partial charge in [-0.3, -0.25) is 4.79 Å². The molecular formula is C15H22N4O. The van der Waals surface area contributed by atoms with Crippen LogP contribution in [-0.4, -0.2) is 21.5 Å². The van der Waals surface area contributed by atoms with E-state index in [1.54, 1.807) is 0 Å². The van der Waals surface area contributed by atoms with Crippen LogP contribution >= 0.6 is 0 Å². The van der Waals surface area contributed by atoms with Gasteiger partial charge in [-0.15, -0.1) is 0 Å². The number of nitrogens with zero attached hydrogens (tertiary/aromatic N) is 2. The molecule has 3 N–H and O–H groups in total. The van der Waals surface area contributed by atoms with Gasteiger partial charge >= 0.3 is 0 Å². The lowest BCUT2D eigenvalue weighted by atomic mass is 10.2. The molecule has 1 heterocycles. The summed E-state index contributed by atoms with van der Waals surface area (Å²) in [6.07, 6.45) is 1.69. The van der Waals surface area contributed by atoms with Gasteiger partial charge < -0.3 is 15.6 Å². The number of rotatable bonds is 5. The van der Waals surface area contributed by atoms with Gasteiger partial charge in [0.1, 0.15) is 5.82 Å². The molecule has 0 spiro atoms. The molecule has 0 bridgehead atoms. The lowest BCUT2D eigenvalue weighted by Gasteiger charge is -2.10. The SMILES string of the molecule is CCCn1c(C)nc2cc(NC(=O)[C@@H](N)CC)ccc21. The van der Waals surface area contributed by atoms with Crippen molar-refractivity contribution >= 4 is 22.6 Å². The van der Waals surface area contributed by atoms with E-state index in [4.69, 9.17) is 5.73 Å². The molecule has 1 atom stereocenters. The first-order chi connectivity index (χ1) is 9.56. The average Bonchev–Trinajstić information content (AvgIpc) is 2.74. The van der Waals surface area contributed by atoms with Gasteiger partial charge in [0.05, 0.1) is 17.1 Å². The highest BCUT2D eigenvalue weighted by molar-refractivity contribution is 5.96. The molecule has 0 fully saturated rings. The van der Waals surface area contributed by atoms with Gasteiger partial charge in [0.25, 0.3) is 0 Å². The quantitative estimate of drug-likeness (QED) is 0.879. The van der Waals surface area contributed by atoms with Crippen LogP contribution in [0.15, 0.2) is 18.2 Å². The molecule has 0 aliphatic rings. The molecule has 0 aliphatic heterocycles. The van der Waals surface area contributed by atoms with Gasteiger partial charge in [-0.25, -0.2) is 4.98 Å². The molecule has 108 valence electrons. The minimum absolute atomic E-state index is 0.156. The van der Waals surface area contributed by atoms with Crippen LogP contribution in [0.4, 0.5) is 5.69 Å². The molecular weight excluding hydrogens is 252 g/mol. The zero-order valence-electron chi connectivity index (χ0n) is 12.3. The third-order valence-electron chi connectivity index (χ3n) is 3.43. The zero-order chi connectivity index (χ0) is 14.7. The predicted molar refractivity (Wildman–Crippen MR) is 81.7 cm³/mol. The van der Waals surface area contributed by atoms with Gasteiger partial charge in [-0.05, 0) is 38.0 Å². The Morgan fingerprint density at radius 3 is 2.85 bits per heavy atom. The van der Waals surface area contributed by atoms with E-state index in [2.05, 4.69) is 21.8 Å². The van der Waals surface area contributed by atoms with Crippen molar-refractivity contribution in [3.63, 3.8) is 0 Å². The minimum atomic E-state index is -0.468. The Balaban J connectivity index is 2.28. The number of aryl methyl sites for hydroxylation is 2. The average molecular weight is 274 g/mol. The van der Waals surface area contributed by atoms with Crippen LogP contribution in [0.2, 0.25) is 0 Å². The third-order valence-corrected chi connectivity index (χ3v) is 3.43. The summed E-state index contributed by atoms with van der Waals surface area (Å²) < 4.78 is 2.19. The Bertz CT molecular complexity index is 618. The summed E-state index contributed by atoms with van der Waals surface area (Å²) in [7, 11) is 0. The number of carbonyl (C=O) groups is 1. The van der Waals surface area contributed by atoms with E-state index in [1.165, 1.54) is 0 Å². The van der Waals surface area contributed by atoms with Crippen molar-refractivity contribution in [3.05, 3.63) is 24.0 Å². The summed E-state index contributed by atoms with van der Waals surface area (Å²) in [5.41, 5.74) is 8.46. The first-order valence-electron chi connectivity index (χ1n) is 7.10. The molecule has 2 aromatic rings. The first-order valence-corrected chi connectivity index (χ1v) is 7.10. The van der Waals surface area contributed by atoms with E-state index in [1.807, 2.05) is 32.0 Å². The molecule has 5 heteroatoms. The second kappa shape index (κ2) is 6.05. The van der Waals surface area contributed by atoms with Crippen LogP contribution in [0.25, 0.3) is 11.0 Å². The number of anilines is 1. The molecule has 0 aliphatic carbocycles. The summed E-state index contributed by atoms with van der Waals surface area (Å²) in [5.74, 6) is 0.840. The van der Waals surface area contributed by atoms with Crippen molar-refractivity contribution in [3.8, 4) is 0 Å². The van der Waals surface area contributed by atoms with Crippen molar-refractivity contribution in [2.24, 2.45) is 5.73 Å². The Morgan fingerprint density at radius 1 is 1.45 bits per heavy atom. The topological polar surface area (TPSA) is 72.9 Å². The molecule has 20 heavy (non-hydrogen) atoms. The highest BCUT2D eigenvalue weighted by Gasteiger charge is 2.12. The van der Waals surface area contributed by atoms with Crippen molar-refractivity contribution in [2.45, 2.75) is 46.2 Å². The van der Waals surface area contributed by atoms with E-state index in [9.17, 15) is 4.79 Å². The number of nitrogens with one attached hydrogen (secondary N) is 1. The normalized spacial score (nSPS) is 12.6. The number of benzene rings is 1. The van der Waals surface area contributed by atoms with Gasteiger partial charge in [0.15, 0.2) is 0 Å². The zero-order valence-corrected chi connectivity index (χ0v) is 12.3. The fourth-order valence-corrected chi connectivity index (χ4v) is 2.25. The molecule has 0 saturated carbocycles. The molecule has 1 aromatic carbocycles. The smallest absolute Gasteiger partial charge is 0.241 e. The van der Waals surface area contributed by atoms with Crippen molar-refractivity contribution < 1.29 is 4.79 Å². The Hall–Kier alpha value is -1.88. The molecule has 0 radical (unpaired) electrons. The summed E-state index contributed by atoms with van der Waals surface area (Å²) in [4.78, 5) is 16.3. The number of carbonyl (C=O) groups excluding carboxylic acids is 1. The molecule has 1 aromatic heterocycles. The number of aromatic nitrogens is 2. The van der Waals surface area contributed by atoms with Gasteiger partial charge in [0, 0.05) is 12.2 Å². The van der Waals surface area contributed by atoms with E-state index in [-0.39, 0.29) is 5.91 Å². The minimum Gasteiger partial charge on any atom is -0.328 e. The summed E-state index contributed by atoms with van der Waals surface area (Å²) in [6, 6.07) is 5.33. The molecule has 0 unspecified atom stereocenters. The van der Waals surface area contributed by atoms with Crippen LogP contribution in [0.5, 0.6) is 0 Å². The summed E-state index contributed by atoms with van der Waals surface area (Å²) in [5, 5.41) is 2.83. The highest BCUT2D eigenvalue weighted by Crippen LogP contribution is 2.21. The Kier molecular flexibility index (Phi) is 4.39. The van der Waals surface area contributed by atoms with Crippen LogP contribution < -0.4 is 11.1 Å². The van der Waals surface area contributed by atoms with Crippen LogP contribution in [0, 0.1) is 6.92 Å². The summed E-state index contributed by atoms with van der Waals surface area (Å²) in [6.45, 7) is 6.99. The Labute approximate surface area is 119 Å². The lowest BCUT2D eigenvalue weighted by Crippen LogP contribution is -2.34. The molecule has 5 nitrogen and oxygen atoms in total. The van der Waals surface area contributed by atoms with E-state index >= 15 is 0 Å². The maximum Gasteiger partial charge on any atom is 0.241 e. The van der Waals surface area contributed by atoms with E-state index in [0.29, 0.717) is 6.42 Å². The second-order valence-electron chi connectivity index (χ2n) is 5.02. The Morgan fingerprint density at radius 2 is 2.20 bits per heavy atom. The van der Waals surface area contributed by atoms with Crippen molar-refractivity contribution in [2.75, 3.05) is 5.32 Å². The van der Waals surface area contributed by atoms with Crippen molar-refractivity contribution in [1.82, 2.24) is 9.55 Å². The van der Waals surface area contributed by atoms with Gasteiger partial charge in [0.2, 0.25) is 5.91 Å². The number of hydrogen-bond donors (Lipinski definition) is 2. The van der Waals surface area contributed by atoms with Crippen LogP contribution in [-0.2, 0) is 11.3 Å². The van der Waals surface area contributed by atoms with Crippen molar-refractivity contribution in [1.29, 1.82) is 0 Å². The maximum atomic E-state index is 11.8. The fraction of sp³-hybridized carbons (Fsp3) is 0.467. The van der Waals surface area contributed by atoms with E-state index in [0.717, 1.165) is 35.5 Å². The van der Waals surface area contributed by atoms with Crippen LogP contribution in [0.1, 0.15) is 32.5 Å². The maximum absolute atomic E-state index is 11.8. The van der Waals surface area contributed by atoms with Crippen LogP contribution in [0.3, 0.4) is 0 Å². The lowest BCUT2D eigenvalue weighted by molar-refractivity contribution is -0.117. The number of imidazole rings is 1. The molecule has 0 saturated heterocycles. The molecule has 2 rings (SSSR count). The standard InChI is InChI=1S/C15H22N4O/c1-4-8-19-10(3)17-13-9-11(6-7-14(13)19)18-15(20)12(16)5-2/h6-7,9,12H,4-5,8,16H2,1-3H3,(H,18,20)/t12-/m0/s1. The fourth-order valence-electron chi connectivity index (χ4n) is 2.25. The predicted octanol–water partition coefficient (Wildman–Crippen LogP) is 2.43. The number of nitrogens with two attached hydrogens (primary N) is 1. The monoisotopic (exact) mass is 274 g/mol. The van der Waals surface area contributed by atoms with Gasteiger partial charge in [-0.1, -0.05) is 13.8 Å². The first kappa shape index (κ1) is 14.5. The number of fused-ring (bicyclic) bond motifs is 1. The number of amides is 1. The van der Waals surface area contributed by atoms with Gasteiger partial charge in [-0.2, -0.15) is 0 Å². The summed E-state index contributed by atoms with van der Waals surface area (Å²) >= 11 is 0. The van der Waals surface area contributed by atoms with E-state index < -0.39 is 6.04 Å². The number of hydrogen-bond acceptors (Lipinski definition) is 3. The largest absolute Gasteiger partial charge is 0.328 e. The second-order valence-corrected chi connectivity index (χ2v) is 5.02. The third kappa shape index (κ3) is 2.82. The molecule has 1 amide bonds. The highest BCUT2D eigenvalue weighted by atomic mass is 16.2.